The first-order chi connectivity index (χ1) is 8.91. The Hall–Kier alpha value is -0.396. The van der Waals surface area contributed by atoms with Gasteiger partial charge in [-0.2, -0.15) is 0 Å². The van der Waals surface area contributed by atoms with Gasteiger partial charge >= 0.3 is 5.97 Å². The van der Waals surface area contributed by atoms with Gasteiger partial charge in [0.25, 0.3) is 0 Å². The third-order valence-corrected chi connectivity index (χ3v) is 8.98. The van der Waals surface area contributed by atoms with E-state index in [1.165, 1.54) is 5.20 Å². The van der Waals surface area contributed by atoms with E-state index in [1.54, 1.807) is 0 Å². The van der Waals surface area contributed by atoms with E-state index < -0.39 is 16.4 Å². The summed E-state index contributed by atoms with van der Waals surface area (Å²) < 4.78 is 11.4. The molecule has 0 bridgehead atoms. The van der Waals surface area contributed by atoms with Crippen molar-refractivity contribution < 1.29 is 14.0 Å². The van der Waals surface area contributed by atoms with Crippen molar-refractivity contribution in [3.8, 4) is 0 Å². The number of ether oxygens (including phenoxy) is 1. The molecule has 0 fully saturated rings. The second-order valence-corrected chi connectivity index (χ2v) is 16.5. The zero-order valence-corrected chi connectivity index (χ0v) is 16.5. The lowest BCUT2D eigenvalue weighted by atomic mass is 10.3. The van der Waals surface area contributed by atoms with Crippen LogP contribution in [0.4, 0.5) is 0 Å². The molecular formula is C15H32O3Si2. The molecule has 20 heavy (non-hydrogen) atoms. The van der Waals surface area contributed by atoms with E-state index in [4.69, 9.17) is 9.16 Å². The smallest absolute Gasteiger partial charge is 0.308 e. The second-order valence-electron chi connectivity index (χ2n) is 7.13. The first kappa shape index (κ1) is 19.6. The Morgan fingerprint density at radius 1 is 1.15 bits per heavy atom. The van der Waals surface area contributed by atoms with Crippen molar-refractivity contribution >= 4 is 22.4 Å². The predicted molar refractivity (Wildman–Crippen MR) is 91.2 cm³/mol. The van der Waals surface area contributed by atoms with Crippen LogP contribution in [0.25, 0.3) is 0 Å². The van der Waals surface area contributed by atoms with Crippen LogP contribution in [0.2, 0.25) is 38.3 Å². The molecule has 3 nitrogen and oxygen atoms in total. The monoisotopic (exact) mass is 316 g/mol. The van der Waals surface area contributed by atoms with Crippen LogP contribution in [0.5, 0.6) is 0 Å². The largest absolute Gasteiger partial charge is 0.466 e. The van der Waals surface area contributed by atoms with Crippen molar-refractivity contribution in [1.29, 1.82) is 0 Å². The molecule has 0 aliphatic rings. The van der Waals surface area contributed by atoms with E-state index in [1.807, 2.05) is 20.8 Å². The third-order valence-electron chi connectivity index (χ3n) is 3.46. The van der Waals surface area contributed by atoms with Gasteiger partial charge in [-0.15, -0.1) is 6.58 Å². The fraction of sp³-hybridized carbons (Fsp3) is 0.800. The molecule has 118 valence electrons. The van der Waals surface area contributed by atoms with Crippen LogP contribution in [-0.2, 0) is 14.0 Å². The molecule has 0 N–H and O–H groups in total. The van der Waals surface area contributed by atoms with Crippen molar-refractivity contribution in [3.63, 3.8) is 0 Å². The van der Waals surface area contributed by atoms with Crippen molar-refractivity contribution in [2.24, 2.45) is 0 Å². The van der Waals surface area contributed by atoms with Gasteiger partial charge in [-0.25, -0.2) is 0 Å². The molecule has 0 radical (unpaired) electrons. The van der Waals surface area contributed by atoms with Crippen molar-refractivity contribution in [2.75, 3.05) is 6.61 Å². The Labute approximate surface area is 126 Å². The zero-order chi connectivity index (χ0) is 16.1. The SMILES string of the molecule is C=C(CC(C(=O)OCC)[Si](C)(C)OC(C)C)[Si](C)(C)C. The molecule has 0 spiro atoms. The summed E-state index contributed by atoms with van der Waals surface area (Å²) in [6.07, 6.45) is 0.842. The first-order valence-electron chi connectivity index (χ1n) is 7.44. The summed E-state index contributed by atoms with van der Waals surface area (Å²) in [4.78, 5) is 12.3. The van der Waals surface area contributed by atoms with E-state index >= 15 is 0 Å². The highest BCUT2D eigenvalue weighted by atomic mass is 28.4. The van der Waals surface area contributed by atoms with Crippen LogP contribution in [0, 0.1) is 0 Å². The molecule has 0 aromatic rings. The molecule has 0 aromatic carbocycles. The number of allylic oxidation sites excluding steroid dienone is 1. The van der Waals surface area contributed by atoms with Gasteiger partial charge in [0.15, 0.2) is 0 Å². The fourth-order valence-corrected chi connectivity index (χ4v) is 5.89. The lowest BCUT2D eigenvalue weighted by Gasteiger charge is -2.34. The molecule has 0 aliphatic carbocycles. The molecule has 0 aromatic heterocycles. The van der Waals surface area contributed by atoms with E-state index in [2.05, 4.69) is 39.3 Å². The first-order valence-corrected chi connectivity index (χ1v) is 13.9. The van der Waals surface area contributed by atoms with Crippen molar-refractivity contribution in [1.82, 2.24) is 0 Å². The van der Waals surface area contributed by atoms with Gasteiger partial charge in [0.1, 0.15) is 0 Å². The molecule has 5 heteroatoms. The molecule has 0 aliphatic heterocycles. The summed E-state index contributed by atoms with van der Waals surface area (Å²) in [5, 5.41) is 1.21. The van der Waals surface area contributed by atoms with Gasteiger partial charge in [-0.3, -0.25) is 4.79 Å². The maximum absolute atomic E-state index is 12.3. The van der Waals surface area contributed by atoms with Crippen LogP contribution in [-0.4, -0.2) is 35.1 Å². The Morgan fingerprint density at radius 2 is 1.65 bits per heavy atom. The minimum absolute atomic E-state index is 0.121. The number of hydrogen-bond donors (Lipinski definition) is 0. The van der Waals surface area contributed by atoms with E-state index in [0.717, 1.165) is 0 Å². The number of carbonyl (C=O) groups is 1. The van der Waals surface area contributed by atoms with Gasteiger partial charge in [0.05, 0.1) is 20.2 Å². The van der Waals surface area contributed by atoms with E-state index in [0.29, 0.717) is 13.0 Å². The standard InChI is InChI=1S/C15H32O3Si2/c1-10-17-15(16)14(11-13(4)19(5,6)7)20(8,9)18-12(2)3/h12,14H,4,10-11H2,1-3,5-9H3. The van der Waals surface area contributed by atoms with Crippen LogP contribution in [0.3, 0.4) is 0 Å². The molecule has 1 atom stereocenters. The second kappa shape index (κ2) is 7.57. The number of rotatable bonds is 8. The Balaban J connectivity index is 5.19. The van der Waals surface area contributed by atoms with Gasteiger partial charge in [-0.1, -0.05) is 24.8 Å². The van der Waals surface area contributed by atoms with Crippen molar-refractivity contribution in [2.45, 2.75) is 71.6 Å². The van der Waals surface area contributed by atoms with Crippen LogP contribution in [0.15, 0.2) is 11.8 Å². The Kier molecular flexibility index (Phi) is 7.42. The zero-order valence-electron chi connectivity index (χ0n) is 14.5. The number of carbonyl (C=O) groups excluding carboxylic acids is 1. The lowest BCUT2D eigenvalue weighted by molar-refractivity contribution is -0.143. The van der Waals surface area contributed by atoms with Gasteiger partial charge in [-0.05, 0) is 40.3 Å². The third kappa shape index (κ3) is 6.37. The molecule has 0 amide bonds. The summed E-state index contributed by atoms with van der Waals surface area (Å²) >= 11 is 0. The summed E-state index contributed by atoms with van der Waals surface area (Å²) in [5.74, 6) is -0.121. The molecule has 1 unspecified atom stereocenters. The number of esters is 1. The lowest BCUT2D eigenvalue weighted by Crippen LogP contribution is -2.44. The van der Waals surface area contributed by atoms with Gasteiger partial charge in [0.2, 0.25) is 8.32 Å². The molecule has 0 heterocycles. The van der Waals surface area contributed by atoms with E-state index in [9.17, 15) is 4.79 Å². The maximum Gasteiger partial charge on any atom is 0.308 e. The van der Waals surface area contributed by atoms with E-state index in [-0.39, 0.29) is 17.6 Å². The summed E-state index contributed by atoms with van der Waals surface area (Å²) in [6.45, 7) is 21.5. The highest BCUT2D eigenvalue weighted by Crippen LogP contribution is 2.34. The van der Waals surface area contributed by atoms with Crippen LogP contribution in [0.1, 0.15) is 27.2 Å². The molecule has 0 saturated carbocycles. The topological polar surface area (TPSA) is 35.5 Å². The van der Waals surface area contributed by atoms with Gasteiger partial charge < -0.3 is 9.16 Å². The quantitative estimate of drug-likeness (QED) is 0.492. The fourth-order valence-electron chi connectivity index (χ4n) is 2.10. The normalized spacial score (nSPS) is 14.2. The average Bonchev–Trinajstić information content (AvgIpc) is 2.21. The minimum atomic E-state index is -2.15. The highest BCUT2D eigenvalue weighted by molar-refractivity contribution is 6.83. The van der Waals surface area contributed by atoms with Gasteiger partial charge in [0, 0.05) is 6.10 Å². The maximum atomic E-state index is 12.3. The van der Waals surface area contributed by atoms with Crippen LogP contribution < -0.4 is 0 Å². The molecular weight excluding hydrogens is 284 g/mol. The minimum Gasteiger partial charge on any atom is -0.466 e. The summed E-state index contributed by atoms with van der Waals surface area (Å²) in [6, 6.07) is 0. The average molecular weight is 317 g/mol. The Bertz CT molecular complexity index is 344. The summed E-state index contributed by atoms with van der Waals surface area (Å²) in [7, 11) is -3.60. The van der Waals surface area contributed by atoms with Crippen LogP contribution >= 0.6 is 0 Å². The predicted octanol–water partition coefficient (Wildman–Crippen LogP) is 4.37. The summed E-state index contributed by atoms with van der Waals surface area (Å²) in [5.41, 5.74) is -0.163. The molecule has 0 rings (SSSR count). The highest BCUT2D eigenvalue weighted by Gasteiger charge is 2.42. The van der Waals surface area contributed by atoms with Crippen molar-refractivity contribution in [3.05, 3.63) is 11.8 Å². The molecule has 0 saturated heterocycles. The Morgan fingerprint density at radius 3 is 2.00 bits per heavy atom. The number of hydrogen-bond acceptors (Lipinski definition) is 3.